The van der Waals surface area contributed by atoms with Crippen molar-refractivity contribution in [1.29, 1.82) is 0 Å². The average molecular weight is 343 g/mol. The first-order chi connectivity index (χ1) is 12.1. The van der Waals surface area contributed by atoms with Gasteiger partial charge in [0, 0.05) is 30.4 Å². The summed E-state index contributed by atoms with van der Waals surface area (Å²) in [4.78, 5) is 11.7. The Morgan fingerprint density at radius 2 is 2.04 bits per heavy atom. The van der Waals surface area contributed by atoms with Crippen LogP contribution in [0, 0.1) is 6.92 Å². The lowest BCUT2D eigenvalue weighted by molar-refractivity contribution is 0.0916. The highest BCUT2D eigenvalue weighted by Gasteiger charge is 2.25. The van der Waals surface area contributed by atoms with E-state index in [0.29, 0.717) is 18.2 Å². The van der Waals surface area contributed by atoms with Gasteiger partial charge in [-0.15, -0.1) is 0 Å². The van der Waals surface area contributed by atoms with E-state index in [1.807, 2.05) is 17.7 Å². The first-order valence-electron chi connectivity index (χ1n) is 9.10. The standard InChI is InChI=1S/C18H25N5O2/c1-12-8-15(13-4-2-5-13)20-18(19-12)22-6-3-7-23-14(10-22)9-16(21-23)17(25)11-24/h8-9,13,17,24-25H,2-7,10-11H2,1H3/t17-/m0/s1. The van der Waals surface area contributed by atoms with Crippen LogP contribution in [-0.4, -0.2) is 43.1 Å². The van der Waals surface area contributed by atoms with Gasteiger partial charge in [-0.1, -0.05) is 6.42 Å². The number of hydrogen-bond acceptors (Lipinski definition) is 6. The predicted molar refractivity (Wildman–Crippen MR) is 93.3 cm³/mol. The van der Waals surface area contributed by atoms with Crippen LogP contribution in [0.2, 0.25) is 0 Å². The van der Waals surface area contributed by atoms with E-state index in [9.17, 15) is 5.11 Å². The maximum Gasteiger partial charge on any atom is 0.226 e. The number of fused-ring (bicyclic) bond motifs is 1. The maximum atomic E-state index is 9.84. The highest BCUT2D eigenvalue weighted by molar-refractivity contribution is 5.35. The van der Waals surface area contributed by atoms with Gasteiger partial charge in [-0.2, -0.15) is 5.10 Å². The molecule has 7 heteroatoms. The van der Waals surface area contributed by atoms with Gasteiger partial charge in [0.15, 0.2) is 0 Å². The minimum atomic E-state index is -0.923. The zero-order valence-corrected chi connectivity index (χ0v) is 14.6. The Hall–Kier alpha value is -1.99. The van der Waals surface area contributed by atoms with Gasteiger partial charge in [0.05, 0.1) is 24.5 Å². The molecule has 0 amide bonds. The number of nitrogens with zero attached hydrogens (tertiary/aromatic N) is 5. The van der Waals surface area contributed by atoms with E-state index in [1.165, 1.54) is 25.0 Å². The molecule has 2 aromatic heterocycles. The number of aliphatic hydroxyl groups is 2. The van der Waals surface area contributed by atoms with E-state index in [2.05, 4.69) is 21.0 Å². The summed E-state index contributed by atoms with van der Waals surface area (Å²) in [6.07, 6.45) is 3.77. The van der Waals surface area contributed by atoms with Crippen LogP contribution in [0.3, 0.4) is 0 Å². The van der Waals surface area contributed by atoms with Crippen LogP contribution in [0.4, 0.5) is 5.95 Å². The number of aliphatic hydroxyl groups excluding tert-OH is 2. The topological polar surface area (TPSA) is 87.3 Å². The molecule has 1 fully saturated rings. The van der Waals surface area contributed by atoms with Crippen molar-refractivity contribution >= 4 is 5.95 Å². The second-order valence-corrected chi connectivity index (χ2v) is 7.12. The van der Waals surface area contributed by atoms with E-state index < -0.39 is 6.10 Å². The summed E-state index contributed by atoms with van der Waals surface area (Å²) in [5, 5.41) is 23.4. The number of anilines is 1. The van der Waals surface area contributed by atoms with Crippen LogP contribution in [0.1, 0.15) is 60.5 Å². The highest BCUT2D eigenvalue weighted by atomic mass is 16.3. The van der Waals surface area contributed by atoms with Gasteiger partial charge in [0.2, 0.25) is 5.95 Å². The molecule has 1 aliphatic heterocycles. The van der Waals surface area contributed by atoms with Crippen LogP contribution in [-0.2, 0) is 13.1 Å². The minimum Gasteiger partial charge on any atom is -0.393 e. The molecule has 2 N–H and O–H groups in total. The van der Waals surface area contributed by atoms with Crippen LogP contribution in [0.15, 0.2) is 12.1 Å². The van der Waals surface area contributed by atoms with Crippen molar-refractivity contribution in [3.63, 3.8) is 0 Å². The fraction of sp³-hybridized carbons (Fsp3) is 0.611. The van der Waals surface area contributed by atoms with Crippen molar-refractivity contribution in [2.45, 2.75) is 57.7 Å². The van der Waals surface area contributed by atoms with Crippen LogP contribution < -0.4 is 4.90 Å². The zero-order valence-electron chi connectivity index (χ0n) is 14.6. The Morgan fingerprint density at radius 3 is 2.76 bits per heavy atom. The summed E-state index contributed by atoms with van der Waals surface area (Å²) in [5.41, 5.74) is 3.74. The average Bonchev–Trinajstić information content (AvgIpc) is 2.83. The first-order valence-corrected chi connectivity index (χ1v) is 9.10. The molecule has 134 valence electrons. The van der Waals surface area contributed by atoms with Gasteiger partial charge >= 0.3 is 0 Å². The monoisotopic (exact) mass is 343 g/mol. The van der Waals surface area contributed by atoms with E-state index >= 15 is 0 Å². The first kappa shape index (κ1) is 16.5. The third kappa shape index (κ3) is 3.26. The highest BCUT2D eigenvalue weighted by Crippen LogP contribution is 2.36. The summed E-state index contributed by atoms with van der Waals surface area (Å²) in [6.45, 7) is 4.07. The zero-order chi connectivity index (χ0) is 17.4. The molecular formula is C18H25N5O2. The third-order valence-electron chi connectivity index (χ3n) is 5.22. The largest absolute Gasteiger partial charge is 0.393 e. The van der Waals surface area contributed by atoms with E-state index in [-0.39, 0.29) is 6.61 Å². The lowest BCUT2D eigenvalue weighted by Gasteiger charge is -2.27. The molecule has 1 aliphatic carbocycles. The Kier molecular flexibility index (Phi) is 4.43. The fourth-order valence-corrected chi connectivity index (χ4v) is 3.54. The van der Waals surface area contributed by atoms with Crippen molar-refractivity contribution in [2.75, 3.05) is 18.1 Å². The lowest BCUT2D eigenvalue weighted by atomic mass is 9.83. The third-order valence-corrected chi connectivity index (χ3v) is 5.22. The molecule has 0 bridgehead atoms. The molecule has 1 atom stereocenters. The van der Waals surface area contributed by atoms with Crippen molar-refractivity contribution < 1.29 is 10.2 Å². The Morgan fingerprint density at radius 1 is 1.20 bits per heavy atom. The summed E-state index contributed by atoms with van der Waals surface area (Å²) >= 11 is 0. The maximum absolute atomic E-state index is 9.84. The molecule has 1 saturated carbocycles. The van der Waals surface area contributed by atoms with E-state index in [1.54, 1.807) is 0 Å². The normalized spacial score (nSPS) is 19.2. The van der Waals surface area contributed by atoms with Gasteiger partial charge in [0.1, 0.15) is 6.10 Å². The Labute approximate surface area is 147 Å². The van der Waals surface area contributed by atoms with Crippen LogP contribution in [0.5, 0.6) is 0 Å². The predicted octanol–water partition coefficient (Wildman–Crippen LogP) is 1.69. The van der Waals surface area contributed by atoms with Gasteiger partial charge in [-0.25, -0.2) is 9.97 Å². The number of aryl methyl sites for hydroxylation is 2. The lowest BCUT2D eigenvalue weighted by Crippen LogP contribution is -2.26. The molecule has 0 saturated heterocycles. The molecule has 0 radical (unpaired) electrons. The molecule has 2 aromatic rings. The SMILES string of the molecule is Cc1cc(C2CCC2)nc(N2CCCn3nc([C@@H](O)CO)cc3C2)n1. The molecule has 7 nitrogen and oxygen atoms in total. The molecule has 4 rings (SSSR count). The number of rotatable bonds is 4. The Bertz CT molecular complexity index is 756. The van der Waals surface area contributed by atoms with Gasteiger partial charge in [0.25, 0.3) is 0 Å². The molecule has 3 heterocycles. The quantitative estimate of drug-likeness (QED) is 0.878. The number of hydrogen-bond donors (Lipinski definition) is 2. The summed E-state index contributed by atoms with van der Waals surface area (Å²) in [6, 6.07) is 3.99. The van der Waals surface area contributed by atoms with Crippen molar-refractivity contribution in [3.05, 3.63) is 34.9 Å². The minimum absolute atomic E-state index is 0.314. The Balaban J connectivity index is 1.60. The molecule has 0 spiro atoms. The second-order valence-electron chi connectivity index (χ2n) is 7.12. The van der Waals surface area contributed by atoms with Gasteiger partial charge in [-0.3, -0.25) is 4.68 Å². The van der Waals surface area contributed by atoms with E-state index in [0.717, 1.165) is 36.8 Å². The second kappa shape index (κ2) is 6.72. The molecule has 2 aliphatic rings. The molecular weight excluding hydrogens is 318 g/mol. The summed E-state index contributed by atoms with van der Waals surface area (Å²) < 4.78 is 1.93. The van der Waals surface area contributed by atoms with E-state index in [4.69, 9.17) is 10.1 Å². The van der Waals surface area contributed by atoms with Crippen molar-refractivity contribution in [1.82, 2.24) is 19.7 Å². The molecule has 0 unspecified atom stereocenters. The summed E-state index contributed by atoms with van der Waals surface area (Å²) in [5.74, 6) is 1.38. The molecule has 25 heavy (non-hydrogen) atoms. The van der Waals surface area contributed by atoms with Crippen molar-refractivity contribution in [3.8, 4) is 0 Å². The molecule has 0 aromatic carbocycles. The van der Waals surface area contributed by atoms with Gasteiger partial charge < -0.3 is 15.1 Å². The van der Waals surface area contributed by atoms with Crippen LogP contribution >= 0.6 is 0 Å². The fourth-order valence-electron chi connectivity index (χ4n) is 3.54. The number of aromatic nitrogens is 4. The smallest absolute Gasteiger partial charge is 0.226 e. The van der Waals surface area contributed by atoms with Crippen molar-refractivity contribution in [2.24, 2.45) is 0 Å². The van der Waals surface area contributed by atoms with Crippen LogP contribution in [0.25, 0.3) is 0 Å². The van der Waals surface area contributed by atoms with Gasteiger partial charge in [-0.05, 0) is 38.3 Å². The summed E-state index contributed by atoms with van der Waals surface area (Å²) in [7, 11) is 0.